The number of hydrogen-bond donors (Lipinski definition) is 2. The van der Waals surface area contributed by atoms with Crippen LogP contribution in [0.5, 0.6) is 0 Å². The van der Waals surface area contributed by atoms with Crippen LogP contribution >= 0.6 is 0 Å². The lowest BCUT2D eigenvalue weighted by atomic mass is 10.1. The predicted octanol–water partition coefficient (Wildman–Crippen LogP) is 5.63. The maximum atomic E-state index is 13.5. The standard InChI is InChI=1S/C25H48N4O4S2/c1-3-5-19-25(20-6-4-2,34(30,31)28-23-17-13-9-7-11-15-21-26)35(32,33)29-24-18-14-10-8-12-16-22-27/h28-29H,3-20,23-24H2,1-2H3. The van der Waals surface area contributed by atoms with E-state index in [0.29, 0.717) is 51.4 Å². The predicted molar refractivity (Wildman–Crippen MR) is 142 cm³/mol. The number of nitrogens with zero attached hydrogens (tertiary/aromatic N) is 2. The van der Waals surface area contributed by atoms with Crippen LogP contribution in [0.4, 0.5) is 0 Å². The fourth-order valence-corrected chi connectivity index (χ4v) is 8.61. The van der Waals surface area contributed by atoms with Crippen LogP contribution in [-0.4, -0.2) is 34.0 Å². The Balaban J connectivity index is 5.22. The quantitative estimate of drug-likeness (QED) is 0.154. The van der Waals surface area contributed by atoms with Gasteiger partial charge < -0.3 is 0 Å². The number of nitrogens with one attached hydrogen (secondary N) is 2. The molecule has 0 aliphatic heterocycles. The van der Waals surface area contributed by atoms with Gasteiger partial charge in [0.1, 0.15) is 0 Å². The maximum absolute atomic E-state index is 13.5. The van der Waals surface area contributed by atoms with Gasteiger partial charge >= 0.3 is 0 Å². The Hall–Kier alpha value is -1.20. The Morgan fingerprint density at radius 3 is 1.26 bits per heavy atom. The van der Waals surface area contributed by atoms with Gasteiger partial charge in [0.05, 0.1) is 12.1 Å². The molecule has 0 bridgehead atoms. The first-order valence-electron chi connectivity index (χ1n) is 13.5. The van der Waals surface area contributed by atoms with Gasteiger partial charge in [-0.25, -0.2) is 26.3 Å². The summed E-state index contributed by atoms with van der Waals surface area (Å²) < 4.78 is 57.5. The van der Waals surface area contributed by atoms with Crippen LogP contribution < -0.4 is 9.44 Å². The average molecular weight is 533 g/mol. The minimum atomic E-state index is -4.12. The molecule has 204 valence electrons. The largest absolute Gasteiger partial charge is 0.233 e. The molecule has 10 heteroatoms. The zero-order chi connectivity index (χ0) is 26.5. The first-order valence-corrected chi connectivity index (χ1v) is 16.4. The van der Waals surface area contributed by atoms with Gasteiger partial charge in [-0.3, -0.25) is 0 Å². The van der Waals surface area contributed by atoms with Crippen molar-refractivity contribution in [3.05, 3.63) is 0 Å². The lowest BCUT2D eigenvalue weighted by Gasteiger charge is -2.33. The van der Waals surface area contributed by atoms with Crippen molar-refractivity contribution in [3.8, 4) is 12.1 Å². The number of hydrogen-bond acceptors (Lipinski definition) is 6. The van der Waals surface area contributed by atoms with Gasteiger partial charge in [-0.05, 0) is 38.5 Å². The minimum Gasteiger partial charge on any atom is -0.214 e. The second kappa shape index (κ2) is 19.9. The molecule has 0 atom stereocenters. The second-order valence-electron chi connectivity index (χ2n) is 9.27. The summed E-state index contributed by atoms with van der Waals surface area (Å²) >= 11 is 0. The van der Waals surface area contributed by atoms with Gasteiger partial charge in [-0.1, -0.05) is 78.1 Å². The highest BCUT2D eigenvalue weighted by atomic mass is 32.3. The van der Waals surface area contributed by atoms with Crippen molar-refractivity contribution >= 4 is 20.0 Å². The van der Waals surface area contributed by atoms with Crippen molar-refractivity contribution < 1.29 is 16.8 Å². The highest BCUT2D eigenvalue weighted by Gasteiger charge is 2.53. The summed E-state index contributed by atoms with van der Waals surface area (Å²) in [7, 11) is -8.24. The molecule has 0 aromatic heterocycles. The molecule has 0 saturated heterocycles. The highest BCUT2D eigenvalue weighted by molar-refractivity contribution is 8.08. The zero-order valence-electron chi connectivity index (χ0n) is 22.0. The Morgan fingerprint density at radius 1 is 0.571 bits per heavy atom. The van der Waals surface area contributed by atoms with Crippen molar-refractivity contribution in [3.63, 3.8) is 0 Å². The number of rotatable bonds is 24. The van der Waals surface area contributed by atoms with E-state index in [0.717, 1.165) is 51.4 Å². The molecule has 0 saturated carbocycles. The van der Waals surface area contributed by atoms with Gasteiger partial charge in [-0.15, -0.1) is 0 Å². The van der Waals surface area contributed by atoms with Crippen LogP contribution in [0, 0.1) is 22.7 Å². The van der Waals surface area contributed by atoms with E-state index >= 15 is 0 Å². The molecule has 0 radical (unpaired) electrons. The first kappa shape index (κ1) is 33.8. The Kier molecular flexibility index (Phi) is 19.2. The van der Waals surface area contributed by atoms with Crippen molar-refractivity contribution in [1.82, 2.24) is 9.44 Å². The van der Waals surface area contributed by atoms with E-state index < -0.39 is 24.1 Å². The van der Waals surface area contributed by atoms with Gasteiger partial charge in [-0.2, -0.15) is 10.5 Å². The van der Waals surface area contributed by atoms with E-state index in [1.165, 1.54) is 0 Å². The second-order valence-corrected chi connectivity index (χ2v) is 13.7. The van der Waals surface area contributed by atoms with E-state index in [-0.39, 0.29) is 25.9 Å². The maximum Gasteiger partial charge on any atom is 0.233 e. The topological polar surface area (TPSA) is 140 Å². The molecule has 0 rings (SSSR count). The summed E-state index contributed by atoms with van der Waals surface area (Å²) in [6, 6.07) is 4.24. The molecular weight excluding hydrogens is 484 g/mol. The monoisotopic (exact) mass is 532 g/mol. The molecular formula is C25H48N4O4S2. The molecule has 0 heterocycles. The van der Waals surface area contributed by atoms with E-state index in [4.69, 9.17) is 10.5 Å². The fraction of sp³-hybridized carbons (Fsp3) is 0.920. The number of nitriles is 2. The third-order valence-corrected chi connectivity index (χ3v) is 11.6. The van der Waals surface area contributed by atoms with Crippen LogP contribution in [0.1, 0.15) is 129 Å². The average Bonchev–Trinajstić information content (AvgIpc) is 2.82. The van der Waals surface area contributed by atoms with E-state index in [9.17, 15) is 16.8 Å². The van der Waals surface area contributed by atoms with Crippen molar-refractivity contribution in [2.45, 2.75) is 134 Å². The van der Waals surface area contributed by atoms with Crippen molar-refractivity contribution in [2.24, 2.45) is 0 Å². The summed E-state index contributed by atoms with van der Waals surface area (Å²) in [6.07, 6.45) is 12.1. The van der Waals surface area contributed by atoms with Crippen LogP contribution in [0.3, 0.4) is 0 Å². The number of unbranched alkanes of at least 4 members (excludes halogenated alkanes) is 12. The van der Waals surface area contributed by atoms with Crippen molar-refractivity contribution in [2.75, 3.05) is 13.1 Å². The van der Waals surface area contributed by atoms with Crippen LogP contribution in [0.2, 0.25) is 0 Å². The molecule has 0 amide bonds. The van der Waals surface area contributed by atoms with E-state index in [1.807, 2.05) is 13.8 Å². The molecule has 0 fully saturated rings. The molecule has 0 spiro atoms. The molecule has 35 heavy (non-hydrogen) atoms. The van der Waals surface area contributed by atoms with Crippen LogP contribution in [0.15, 0.2) is 0 Å². The molecule has 0 aliphatic carbocycles. The molecule has 0 aromatic carbocycles. The summed E-state index contributed by atoms with van der Waals surface area (Å²) in [5, 5.41) is 17.2. The molecule has 0 aromatic rings. The number of sulfonamides is 2. The molecule has 2 N–H and O–H groups in total. The normalized spacial score (nSPS) is 12.3. The lowest BCUT2D eigenvalue weighted by Crippen LogP contribution is -2.56. The third kappa shape index (κ3) is 13.1. The first-order chi connectivity index (χ1) is 16.7. The van der Waals surface area contributed by atoms with Crippen LogP contribution in [-0.2, 0) is 20.0 Å². The Morgan fingerprint density at radius 2 is 0.914 bits per heavy atom. The summed E-state index contributed by atoms with van der Waals surface area (Å²) in [5.41, 5.74) is 0. The smallest absolute Gasteiger partial charge is 0.214 e. The third-order valence-electron chi connectivity index (χ3n) is 6.32. The van der Waals surface area contributed by atoms with Gasteiger partial charge in [0.15, 0.2) is 0 Å². The Bertz CT molecular complexity index is 761. The molecule has 0 unspecified atom stereocenters. The van der Waals surface area contributed by atoms with E-state index in [2.05, 4.69) is 21.6 Å². The van der Waals surface area contributed by atoms with Gasteiger partial charge in [0.25, 0.3) is 0 Å². The summed E-state index contributed by atoms with van der Waals surface area (Å²) in [6.45, 7) is 4.31. The molecule has 8 nitrogen and oxygen atoms in total. The van der Waals surface area contributed by atoms with E-state index in [1.54, 1.807) is 0 Å². The summed E-state index contributed by atoms with van der Waals surface area (Å²) in [5.74, 6) is 0. The van der Waals surface area contributed by atoms with Crippen molar-refractivity contribution in [1.29, 1.82) is 10.5 Å². The highest BCUT2D eigenvalue weighted by Crippen LogP contribution is 2.35. The summed E-state index contributed by atoms with van der Waals surface area (Å²) in [4.78, 5) is 0. The fourth-order valence-electron chi connectivity index (χ4n) is 4.09. The van der Waals surface area contributed by atoms with Gasteiger partial charge in [0.2, 0.25) is 24.1 Å². The molecule has 0 aliphatic rings. The Labute approximate surface area is 215 Å². The zero-order valence-corrected chi connectivity index (χ0v) is 23.6. The minimum absolute atomic E-state index is 0.0798. The van der Waals surface area contributed by atoms with Crippen LogP contribution in [0.25, 0.3) is 0 Å². The SMILES string of the molecule is CCCCC(CCCC)(S(=O)(=O)NCCCCCCCC#N)S(=O)(=O)NCCCCCCCC#N. The lowest BCUT2D eigenvalue weighted by molar-refractivity contribution is 0.470. The van der Waals surface area contributed by atoms with Gasteiger partial charge in [0, 0.05) is 25.9 Å².